The first-order valence-electron chi connectivity index (χ1n) is 13.5. The maximum atomic E-state index is 13.8. The van der Waals surface area contributed by atoms with Gasteiger partial charge in [0, 0.05) is 48.0 Å². The molecule has 0 N–H and O–H groups in total. The molecule has 4 aromatic rings. The van der Waals surface area contributed by atoms with Gasteiger partial charge in [-0.05, 0) is 56.2 Å². The van der Waals surface area contributed by atoms with Crippen LogP contribution in [0.25, 0.3) is 27.3 Å². The van der Waals surface area contributed by atoms with E-state index in [9.17, 15) is 9.59 Å². The fourth-order valence-corrected chi connectivity index (χ4v) is 6.20. The standard InChI is InChI=1S/C30H34N4O4S/c1-4-38-17-16-33(29(35)23-8-6-20(2)7-9-23)25-19-26(39-28(25)30(36)37-3)22-12-10-21(11-13-22)24-18-27-31-14-5-15-34(27)32-24/h5,10-15,18-20,23H,4,6-9,16-17H2,1-3H3/t20-,23-. The van der Waals surface area contributed by atoms with Gasteiger partial charge < -0.3 is 14.4 Å². The highest BCUT2D eigenvalue weighted by Crippen LogP contribution is 2.40. The molecule has 1 aliphatic rings. The Hall–Kier alpha value is -3.56. The van der Waals surface area contributed by atoms with Crippen molar-refractivity contribution >= 4 is 34.5 Å². The quantitative estimate of drug-likeness (QED) is 0.186. The van der Waals surface area contributed by atoms with E-state index in [0.717, 1.165) is 53.0 Å². The molecule has 5 rings (SSSR count). The minimum absolute atomic E-state index is 0.0455. The molecule has 0 saturated heterocycles. The number of carbonyl (C=O) groups is 2. The largest absolute Gasteiger partial charge is 0.465 e. The summed E-state index contributed by atoms with van der Waals surface area (Å²) in [5.41, 5.74) is 4.13. The zero-order chi connectivity index (χ0) is 27.4. The molecule has 9 heteroatoms. The van der Waals surface area contributed by atoms with Gasteiger partial charge in [-0.3, -0.25) is 4.79 Å². The molecule has 0 bridgehead atoms. The molecule has 0 spiro atoms. The molecule has 1 fully saturated rings. The summed E-state index contributed by atoms with van der Waals surface area (Å²) in [6, 6.07) is 13.8. The summed E-state index contributed by atoms with van der Waals surface area (Å²) in [7, 11) is 1.37. The topological polar surface area (TPSA) is 86.0 Å². The molecule has 8 nitrogen and oxygen atoms in total. The Labute approximate surface area is 232 Å². The average molecular weight is 547 g/mol. The third-order valence-corrected chi connectivity index (χ3v) is 8.52. The molecule has 3 heterocycles. The first-order chi connectivity index (χ1) is 19.0. The highest BCUT2D eigenvalue weighted by molar-refractivity contribution is 7.18. The molecule has 0 unspecified atom stereocenters. The molecule has 39 heavy (non-hydrogen) atoms. The Morgan fingerprint density at radius 1 is 1.10 bits per heavy atom. The Morgan fingerprint density at radius 2 is 1.85 bits per heavy atom. The van der Waals surface area contributed by atoms with Crippen molar-refractivity contribution in [2.24, 2.45) is 11.8 Å². The highest BCUT2D eigenvalue weighted by Gasteiger charge is 2.32. The van der Waals surface area contributed by atoms with Gasteiger partial charge in [0.25, 0.3) is 0 Å². The molecule has 1 aliphatic carbocycles. The number of ether oxygens (including phenoxy) is 2. The zero-order valence-electron chi connectivity index (χ0n) is 22.6. The third kappa shape index (κ3) is 5.89. The minimum atomic E-state index is -0.443. The molecule has 0 atom stereocenters. The van der Waals surface area contributed by atoms with E-state index in [1.165, 1.54) is 18.4 Å². The van der Waals surface area contributed by atoms with E-state index in [1.54, 1.807) is 15.6 Å². The first kappa shape index (κ1) is 27.0. The van der Waals surface area contributed by atoms with Crippen LogP contribution in [0.2, 0.25) is 0 Å². The van der Waals surface area contributed by atoms with Gasteiger partial charge >= 0.3 is 5.97 Å². The van der Waals surface area contributed by atoms with E-state index >= 15 is 0 Å². The summed E-state index contributed by atoms with van der Waals surface area (Å²) in [4.78, 5) is 34.1. The summed E-state index contributed by atoms with van der Waals surface area (Å²) < 4.78 is 12.5. The monoisotopic (exact) mass is 546 g/mol. The van der Waals surface area contributed by atoms with Crippen LogP contribution in [0, 0.1) is 11.8 Å². The molecule has 1 saturated carbocycles. The van der Waals surface area contributed by atoms with Crippen LogP contribution in [0.15, 0.2) is 54.9 Å². The maximum absolute atomic E-state index is 13.8. The Balaban J connectivity index is 1.46. The van der Waals surface area contributed by atoms with Gasteiger partial charge in [0.2, 0.25) is 5.91 Å². The van der Waals surface area contributed by atoms with Crippen molar-refractivity contribution in [3.63, 3.8) is 0 Å². The predicted molar refractivity (Wildman–Crippen MR) is 153 cm³/mol. The van der Waals surface area contributed by atoms with Crippen molar-refractivity contribution in [2.45, 2.75) is 39.5 Å². The van der Waals surface area contributed by atoms with Crippen LogP contribution in [0.5, 0.6) is 0 Å². The number of benzene rings is 1. The molecular formula is C30H34N4O4S. The van der Waals surface area contributed by atoms with Crippen LogP contribution in [-0.4, -0.2) is 53.3 Å². The molecule has 1 aromatic carbocycles. The maximum Gasteiger partial charge on any atom is 0.350 e. The lowest BCUT2D eigenvalue weighted by Crippen LogP contribution is -2.40. The Bertz CT molecular complexity index is 1400. The smallest absolute Gasteiger partial charge is 0.350 e. The van der Waals surface area contributed by atoms with Crippen molar-refractivity contribution in [3.05, 3.63) is 59.7 Å². The van der Waals surface area contributed by atoms with Gasteiger partial charge in [0.1, 0.15) is 4.88 Å². The van der Waals surface area contributed by atoms with Crippen LogP contribution in [0.1, 0.15) is 49.2 Å². The summed E-state index contributed by atoms with van der Waals surface area (Å²) >= 11 is 1.34. The summed E-state index contributed by atoms with van der Waals surface area (Å²) in [6.45, 7) is 5.53. The number of thiophene rings is 1. The number of methoxy groups -OCH3 is 1. The van der Waals surface area contributed by atoms with E-state index in [1.807, 2.05) is 55.6 Å². The number of esters is 1. The van der Waals surface area contributed by atoms with E-state index < -0.39 is 5.97 Å². The van der Waals surface area contributed by atoms with Crippen LogP contribution in [0.4, 0.5) is 5.69 Å². The average Bonchev–Trinajstić information content (AvgIpc) is 3.60. The SMILES string of the molecule is CCOCCN(c1cc(-c2ccc(-c3cc4ncccn4n3)cc2)sc1C(=O)OC)C(=O)[C@H]1CC[C@H](C)CC1. The van der Waals surface area contributed by atoms with Gasteiger partial charge in [0.05, 0.1) is 25.1 Å². The van der Waals surface area contributed by atoms with Crippen molar-refractivity contribution in [1.82, 2.24) is 14.6 Å². The van der Waals surface area contributed by atoms with Gasteiger partial charge in [0.15, 0.2) is 5.65 Å². The fourth-order valence-electron chi connectivity index (χ4n) is 5.12. The number of hydrogen-bond acceptors (Lipinski definition) is 7. The van der Waals surface area contributed by atoms with E-state index in [0.29, 0.717) is 36.2 Å². The van der Waals surface area contributed by atoms with Crippen molar-refractivity contribution < 1.29 is 19.1 Å². The second kappa shape index (κ2) is 12.1. The molecule has 3 aromatic heterocycles. The number of carbonyl (C=O) groups excluding carboxylic acids is 2. The summed E-state index contributed by atoms with van der Waals surface area (Å²) in [5.74, 6) is 0.216. The van der Waals surface area contributed by atoms with Crippen LogP contribution < -0.4 is 4.90 Å². The second-order valence-electron chi connectivity index (χ2n) is 9.99. The summed E-state index contributed by atoms with van der Waals surface area (Å²) in [6.07, 6.45) is 7.44. The molecule has 204 valence electrons. The van der Waals surface area contributed by atoms with E-state index in [4.69, 9.17) is 9.47 Å². The summed E-state index contributed by atoms with van der Waals surface area (Å²) in [5, 5.41) is 4.60. The third-order valence-electron chi connectivity index (χ3n) is 7.37. The van der Waals surface area contributed by atoms with E-state index in [-0.39, 0.29) is 11.8 Å². The fraction of sp³-hybridized carbons (Fsp3) is 0.400. The normalized spacial score (nSPS) is 17.3. The van der Waals surface area contributed by atoms with Crippen LogP contribution in [-0.2, 0) is 14.3 Å². The predicted octanol–water partition coefficient (Wildman–Crippen LogP) is 6.11. The second-order valence-corrected chi connectivity index (χ2v) is 11.0. The van der Waals surface area contributed by atoms with Crippen molar-refractivity contribution in [1.29, 1.82) is 0 Å². The van der Waals surface area contributed by atoms with Gasteiger partial charge in [-0.15, -0.1) is 11.3 Å². The number of anilines is 1. The lowest BCUT2D eigenvalue weighted by Gasteiger charge is -2.31. The Kier molecular flexibility index (Phi) is 8.38. The number of fused-ring (bicyclic) bond motifs is 1. The number of amides is 1. The van der Waals surface area contributed by atoms with Gasteiger partial charge in [-0.1, -0.05) is 31.2 Å². The highest BCUT2D eigenvalue weighted by atomic mass is 32.1. The minimum Gasteiger partial charge on any atom is -0.465 e. The molecule has 0 radical (unpaired) electrons. The van der Waals surface area contributed by atoms with Crippen molar-refractivity contribution in [3.8, 4) is 21.7 Å². The number of rotatable bonds is 9. The van der Waals surface area contributed by atoms with Crippen molar-refractivity contribution in [2.75, 3.05) is 31.8 Å². The lowest BCUT2D eigenvalue weighted by molar-refractivity contribution is -0.123. The molecule has 1 amide bonds. The molecular weight excluding hydrogens is 512 g/mol. The Morgan fingerprint density at radius 3 is 2.54 bits per heavy atom. The zero-order valence-corrected chi connectivity index (χ0v) is 23.4. The van der Waals surface area contributed by atoms with Gasteiger partial charge in [-0.25, -0.2) is 14.3 Å². The number of hydrogen-bond donors (Lipinski definition) is 0. The number of nitrogens with zero attached hydrogens (tertiary/aromatic N) is 4. The number of aromatic nitrogens is 3. The first-order valence-corrected chi connectivity index (χ1v) is 14.3. The van der Waals surface area contributed by atoms with E-state index in [2.05, 4.69) is 17.0 Å². The molecule has 0 aliphatic heterocycles. The lowest BCUT2D eigenvalue weighted by atomic mass is 9.82. The van der Waals surface area contributed by atoms with Gasteiger partial charge in [-0.2, -0.15) is 5.10 Å². The van der Waals surface area contributed by atoms with Crippen LogP contribution in [0.3, 0.4) is 0 Å². The van der Waals surface area contributed by atoms with Crippen LogP contribution >= 0.6 is 11.3 Å².